The van der Waals surface area contributed by atoms with Gasteiger partial charge in [-0.3, -0.25) is 4.79 Å². The third-order valence-corrected chi connectivity index (χ3v) is 3.08. The summed E-state index contributed by atoms with van der Waals surface area (Å²) in [6, 6.07) is 7.67. The van der Waals surface area contributed by atoms with E-state index in [0.29, 0.717) is 6.54 Å². The van der Waals surface area contributed by atoms with Crippen molar-refractivity contribution in [1.29, 1.82) is 0 Å². The van der Waals surface area contributed by atoms with Gasteiger partial charge in [0.05, 0.1) is 0 Å². The average Bonchev–Trinajstić information content (AvgIpc) is 2.73. The van der Waals surface area contributed by atoms with Gasteiger partial charge in [-0.15, -0.1) is 10.2 Å². The number of hydrogen-bond donors (Lipinski definition) is 2. The van der Waals surface area contributed by atoms with E-state index < -0.39 is 0 Å². The Kier molecular flexibility index (Phi) is 3.88. The van der Waals surface area contributed by atoms with Crippen LogP contribution in [0, 0.1) is 6.92 Å². The summed E-state index contributed by atoms with van der Waals surface area (Å²) in [4.78, 5) is 11.1. The van der Waals surface area contributed by atoms with Crippen LogP contribution < -0.4 is 10.6 Å². The SMILES string of the molecule is CC(=O)Nc1ccccc1CNc1nnc(C)s1. The molecule has 1 aromatic carbocycles. The van der Waals surface area contributed by atoms with Gasteiger partial charge < -0.3 is 10.6 Å². The number of hydrogen-bond acceptors (Lipinski definition) is 5. The Bertz CT molecular complexity index is 553. The van der Waals surface area contributed by atoms with Crippen molar-refractivity contribution in [2.45, 2.75) is 20.4 Å². The second-order valence-corrected chi connectivity index (χ2v) is 5.00. The van der Waals surface area contributed by atoms with Gasteiger partial charge in [0.2, 0.25) is 11.0 Å². The fourth-order valence-corrected chi connectivity index (χ4v) is 2.11. The van der Waals surface area contributed by atoms with Crippen LogP contribution >= 0.6 is 11.3 Å². The number of para-hydroxylation sites is 1. The first kappa shape index (κ1) is 12.5. The minimum atomic E-state index is -0.0748. The van der Waals surface area contributed by atoms with E-state index in [4.69, 9.17) is 0 Å². The summed E-state index contributed by atoms with van der Waals surface area (Å²) in [6.45, 7) is 4.01. The van der Waals surface area contributed by atoms with Crippen molar-refractivity contribution in [1.82, 2.24) is 10.2 Å². The summed E-state index contributed by atoms with van der Waals surface area (Å²) in [7, 11) is 0. The zero-order valence-corrected chi connectivity index (χ0v) is 11.0. The molecular weight excluding hydrogens is 248 g/mol. The van der Waals surface area contributed by atoms with Crippen LogP contribution in [0.1, 0.15) is 17.5 Å². The van der Waals surface area contributed by atoms with E-state index in [2.05, 4.69) is 20.8 Å². The first-order chi connectivity index (χ1) is 8.65. The molecule has 18 heavy (non-hydrogen) atoms. The first-order valence-electron chi connectivity index (χ1n) is 5.54. The Labute approximate surface area is 109 Å². The predicted molar refractivity (Wildman–Crippen MR) is 72.7 cm³/mol. The highest BCUT2D eigenvalue weighted by Gasteiger charge is 2.04. The van der Waals surface area contributed by atoms with Gasteiger partial charge in [0.15, 0.2) is 0 Å². The fraction of sp³-hybridized carbons (Fsp3) is 0.250. The number of nitrogens with zero attached hydrogens (tertiary/aromatic N) is 2. The monoisotopic (exact) mass is 262 g/mol. The van der Waals surface area contributed by atoms with E-state index in [1.165, 1.54) is 18.3 Å². The Balaban J connectivity index is 2.06. The van der Waals surface area contributed by atoms with Crippen LogP contribution in [0.4, 0.5) is 10.8 Å². The van der Waals surface area contributed by atoms with E-state index in [0.717, 1.165) is 21.4 Å². The molecule has 2 N–H and O–H groups in total. The Morgan fingerprint density at radius 1 is 1.33 bits per heavy atom. The third kappa shape index (κ3) is 3.27. The van der Waals surface area contributed by atoms with Gasteiger partial charge in [-0.1, -0.05) is 29.5 Å². The standard InChI is InChI=1S/C12H14N4OS/c1-8(17)14-11-6-4-3-5-10(11)7-13-12-16-15-9(2)18-12/h3-6H,7H2,1-2H3,(H,13,16)(H,14,17). The molecule has 5 nitrogen and oxygen atoms in total. The van der Waals surface area contributed by atoms with Crippen molar-refractivity contribution in [2.24, 2.45) is 0 Å². The number of rotatable bonds is 4. The molecule has 2 rings (SSSR count). The highest BCUT2D eigenvalue weighted by atomic mass is 32.1. The zero-order chi connectivity index (χ0) is 13.0. The Hall–Kier alpha value is -1.95. The van der Waals surface area contributed by atoms with Crippen LogP contribution in [0.2, 0.25) is 0 Å². The Morgan fingerprint density at radius 2 is 2.11 bits per heavy atom. The highest BCUT2D eigenvalue weighted by molar-refractivity contribution is 7.15. The van der Waals surface area contributed by atoms with Crippen LogP contribution in [0.3, 0.4) is 0 Å². The van der Waals surface area contributed by atoms with Gasteiger partial charge in [0.25, 0.3) is 0 Å². The van der Waals surface area contributed by atoms with Crippen molar-refractivity contribution in [3.8, 4) is 0 Å². The molecule has 0 aliphatic rings. The lowest BCUT2D eigenvalue weighted by Crippen LogP contribution is -2.10. The maximum Gasteiger partial charge on any atom is 0.221 e. The number of carbonyl (C=O) groups is 1. The molecule has 0 aliphatic heterocycles. The summed E-state index contributed by atoms with van der Waals surface area (Å²) in [5.41, 5.74) is 1.83. The molecule has 0 unspecified atom stereocenters. The van der Waals surface area contributed by atoms with Gasteiger partial charge in [-0.05, 0) is 18.6 Å². The van der Waals surface area contributed by atoms with Crippen LogP contribution in [-0.2, 0) is 11.3 Å². The fourth-order valence-electron chi connectivity index (χ4n) is 1.52. The van der Waals surface area contributed by atoms with E-state index in [9.17, 15) is 4.79 Å². The molecule has 0 fully saturated rings. The number of aryl methyl sites for hydroxylation is 1. The molecule has 6 heteroatoms. The molecule has 0 saturated carbocycles. The van der Waals surface area contributed by atoms with Crippen molar-refractivity contribution < 1.29 is 4.79 Å². The highest BCUT2D eigenvalue weighted by Crippen LogP contribution is 2.19. The molecule has 0 radical (unpaired) electrons. The smallest absolute Gasteiger partial charge is 0.221 e. The van der Waals surface area contributed by atoms with Crippen LogP contribution in [0.15, 0.2) is 24.3 Å². The van der Waals surface area contributed by atoms with E-state index in [1.54, 1.807) is 0 Å². The maximum atomic E-state index is 11.1. The summed E-state index contributed by atoms with van der Waals surface area (Å²) >= 11 is 1.51. The normalized spacial score (nSPS) is 10.1. The number of aromatic nitrogens is 2. The molecular formula is C12H14N4OS. The lowest BCUT2D eigenvalue weighted by atomic mass is 10.2. The van der Waals surface area contributed by atoms with Gasteiger partial charge in [-0.2, -0.15) is 0 Å². The molecule has 94 valence electrons. The molecule has 2 aromatic rings. The van der Waals surface area contributed by atoms with Crippen LogP contribution in [-0.4, -0.2) is 16.1 Å². The average molecular weight is 262 g/mol. The van der Waals surface area contributed by atoms with Crippen molar-refractivity contribution in [2.75, 3.05) is 10.6 Å². The zero-order valence-electron chi connectivity index (χ0n) is 10.2. The summed E-state index contributed by atoms with van der Waals surface area (Å²) in [6.07, 6.45) is 0. The summed E-state index contributed by atoms with van der Waals surface area (Å²) in [5.74, 6) is -0.0748. The van der Waals surface area contributed by atoms with E-state index in [1.807, 2.05) is 31.2 Å². The first-order valence-corrected chi connectivity index (χ1v) is 6.36. The number of benzene rings is 1. The molecule has 0 saturated heterocycles. The molecule has 0 atom stereocenters. The topological polar surface area (TPSA) is 66.9 Å². The third-order valence-electron chi connectivity index (χ3n) is 2.28. The lowest BCUT2D eigenvalue weighted by Gasteiger charge is -2.09. The number of nitrogens with one attached hydrogen (secondary N) is 2. The number of carbonyl (C=O) groups excluding carboxylic acids is 1. The molecule has 1 amide bonds. The second kappa shape index (κ2) is 5.59. The Morgan fingerprint density at radius 3 is 2.78 bits per heavy atom. The number of anilines is 2. The van der Waals surface area contributed by atoms with Gasteiger partial charge in [0, 0.05) is 19.2 Å². The second-order valence-electron chi connectivity index (χ2n) is 3.82. The van der Waals surface area contributed by atoms with Crippen molar-refractivity contribution in [3.63, 3.8) is 0 Å². The lowest BCUT2D eigenvalue weighted by molar-refractivity contribution is -0.114. The van der Waals surface area contributed by atoms with Crippen LogP contribution in [0.5, 0.6) is 0 Å². The predicted octanol–water partition coefficient (Wildman–Crippen LogP) is 2.42. The summed E-state index contributed by atoms with van der Waals surface area (Å²) in [5, 5.41) is 15.6. The van der Waals surface area contributed by atoms with E-state index >= 15 is 0 Å². The summed E-state index contributed by atoms with van der Waals surface area (Å²) < 4.78 is 0. The molecule has 0 bridgehead atoms. The minimum absolute atomic E-state index is 0.0748. The van der Waals surface area contributed by atoms with Crippen molar-refractivity contribution in [3.05, 3.63) is 34.8 Å². The van der Waals surface area contributed by atoms with Gasteiger partial charge >= 0.3 is 0 Å². The maximum absolute atomic E-state index is 11.1. The van der Waals surface area contributed by atoms with Crippen molar-refractivity contribution >= 4 is 28.1 Å². The largest absolute Gasteiger partial charge is 0.356 e. The van der Waals surface area contributed by atoms with Gasteiger partial charge in [-0.25, -0.2) is 0 Å². The molecule has 0 spiro atoms. The molecule has 0 aliphatic carbocycles. The molecule has 1 heterocycles. The quantitative estimate of drug-likeness (QED) is 0.888. The minimum Gasteiger partial charge on any atom is -0.356 e. The van der Waals surface area contributed by atoms with Crippen LogP contribution in [0.25, 0.3) is 0 Å². The number of amides is 1. The molecule has 1 aromatic heterocycles. The van der Waals surface area contributed by atoms with E-state index in [-0.39, 0.29) is 5.91 Å². The van der Waals surface area contributed by atoms with Gasteiger partial charge in [0.1, 0.15) is 5.01 Å².